The van der Waals surface area contributed by atoms with Gasteiger partial charge in [-0.25, -0.2) is 0 Å². The van der Waals surface area contributed by atoms with E-state index in [9.17, 15) is 0 Å². The number of nitriles is 1. The molecule has 0 fully saturated rings. The topological polar surface area (TPSA) is 50.8 Å². The van der Waals surface area contributed by atoms with E-state index in [0.717, 1.165) is 15.3 Å². The number of halogens is 1. The van der Waals surface area contributed by atoms with Gasteiger partial charge in [0.25, 0.3) is 0 Å². The standard InChI is InChI=1S/C5H4IN3OS/c6-5-1-8-9(2-5)10-4-11-3-7/h1-2H,4H2. The maximum absolute atomic E-state index is 8.15. The molecule has 11 heavy (non-hydrogen) atoms. The van der Waals surface area contributed by atoms with Crippen molar-refractivity contribution in [2.45, 2.75) is 0 Å². The number of rotatable bonds is 3. The first kappa shape index (κ1) is 8.67. The SMILES string of the molecule is N#CSCOn1cc(I)cn1. The molecule has 0 bridgehead atoms. The molecule has 1 heterocycles. The minimum atomic E-state index is 0.300. The van der Waals surface area contributed by atoms with Crippen LogP contribution in [0, 0.1) is 14.2 Å². The number of nitrogens with zero attached hydrogens (tertiary/aromatic N) is 3. The third-order valence-electron chi connectivity index (χ3n) is 0.837. The summed E-state index contributed by atoms with van der Waals surface area (Å²) in [6.45, 7) is 0. The van der Waals surface area contributed by atoms with Gasteiger partial charge in [0, 0.05) is 0 Å². The molecule has 1 aromatic heterocycles. The van der Waals surface area contributed by atoms with Crippen LogP contribution in [0.5, 0.6) is 0 Å². The van der Waals surface area contributed by atoms with E-state index in [1.165, 1.54) is 4.85 Å². The lowest BCUT2D eigenvalue weighted by molar-refractivity contribution is 0.121. The van der Waals surface area contributed by atoms with Crippen LogP contribution in [0.3, 0.4) is 0 Å². The number of hydrogen-bond acceptors (Lipinski definition) is 4. The Balaban J connectivity index is 2.34. The quantitative estimate of drug-likeness (QED) is 0.360. The largest absolute Gasteiger partial charge is 0.385 e. The lowest BCUT2D eigenvalue weighted by atomic mass is 10.8. The highest BCUT2D eigenvalue weighted by Gasteiger charge is 1.93. The van der Waals surface area contributed by atoms with Crippen LogP contribution in [0.15, 0.2) is 12.4 Å². The van der Waals surface area contributed by atoms with Crippen molar-refractivity contribution in [2.75, 3.05) is 5.94 Å². The molecular weight excluding hydrogens is 277 g/mol. The Morgan fingerprint density at radius 1 is 1.91 bits per heavy atom. The predicted octanol–water partition coefficient (Wildman–Crippen LogP) is 1.09. The van der Waals surface area contributed by atoms with Crippen molar-refractivity contribution in [3.05, 3.63) is 16.0 Å². The zero-order valence-electron chi connectivity index (χ0n) is 5.40. The van der Waals surface area contributed by atoms with E-state index in [1.54, 1.807) is 12.4 Å². The minimum absolute atomic E-state index is 0.300. The van der Waals surface area contributed by atoms with Crippen LogP contribution in [-0.2, 0) is 0 Å². The van der Waals surface area contributed by atoms with Crippen molar-refractivity contribution < 1.29 is 4.84 Å². The molecule has 0 radical (unpaired) electrons. The summed E-state index contributed by atoms with van der Waals surface area (Å²) in [6, 6.07) is 0. The first-order valence-corrected chi connectivity index (χ1v) is 4.73. The zero-order chi connectivity index (χ0) is 8.10. The highest BCUT2D eigenvalue weighted by molar-refractivity contribution is 14.1. The summed E-state index contributed by atoms with van der Waals surface area (Å²) in [5, 5.41) is 13.9. The third kappa shape index (κ3) is 2.98. The second kappa shape index (κ2) is 4.46. The summed E-state index contributed by atoms with van der Waals surface area (Å²) >= 11 is 3.16. The molecule has 1 aromatic rings. The average molecular weight is 281 g/mol. The van der Waals surface area contributed by atoms with E-state index in [0.29, 0.717) is 5.94 Å². The van der Waals surface area contributed by atoms with E-state index < -0.39 is 0 Å². The Labute approximate surface area is 81.6 Å². The smallest absolute Gasteiger partial charge is 0.176 e. The molecule has 0 amide bonds. The fourth-order valence-corrected chi connectivity index (χ4v) is 1.04. The van der Waals surface area contributed by atoms with Gasteiger partial charge in [-0.2, -0.15) is 5.26 Å². The van der Waals surface area contributed by atoms with Crippen molar-refractivity contribution in [2.24, 2.45) is 0 Å². The van der Waals surface area contributed by atoms with Crippen LogP contribution in [0.2, 0.25) is 0 Å². The van der Waals surface area contributed by atoms with Crippen LogP contribution >= 0.6 is 34.4 Å². The third-order valence-corrected chi connectivity index (χ3v) is 1.75. The highest BCUT2D eigenvalue weighted by Crippen LogP contribution is 2.00. The van der Waals surface area contributed by atoms with Crippen molar-refractivity contribution >= 4 is 34.4 Å². The first-order chi connectivity index (χ1) is 5.33. The van der Waals surface area contributed by atoms with E-state index in [2.05, 4.69) is 27.7 Å². The van der Waals surface area contributed by atoms with Gasteiger partial charge in [-0.05, 0) is 34.4 Å². The Bertz CT molecular complexity index is 269. The van der Waals surface area contributed by atoms with Crippen LogP contribution in [0.4, 0.5) is 0 Å². The van der Waals surface area contributed by atoms with Gasteiger partial charge in [0.05, 0.1) is 16.0 Å². The number of hydrogen-bond donors (Lipinski definition) is 0. The van der Waals surface area contributed by atoms with Crippen LogP contribution in [0.1, 0.15) is 0 Å². The van der Waals surface area contributed by atoms with Gasteiger partial charge in [0.15, 0.2) is 5.94 Å². The van der Waals surface area contributed by atoms with Crippen molar-refractivity contribution in [1.29, 1.82) is 5.26 Å². The lowest BCUT2D eigenvalue weighted by Gasteiger charge is -1.98. The van der Waals surface area contributed by atoms with E-state index in [4.69, 9.17) is 10.1 Å². The Morgan fingerprint density at radius 3 is 3.27 bits per heavy atom. The van der Waals surface area contributed by atoms with Gasteiger partial charge >= 0.3 is 0 Å². The van der Waals surface area contributed by atoms with Crippen LogP contribution < -0.4 is 4.84 Å². The molecule has 0 spiro atoms. The average Bonchev–Trinajstić information content (AvgIpc) is 2.37. The van der Waals surface area contributed by atoms with Gasteiger partial charge < -0.3 is 4.84 Å². The van der Waals surface area contributed by atoms with Crippen molar-refractivity contribution in [3.63, 3.8) is 0 Å². The first-order valence-electron chi connectivity index (χ1n) is 2.67. The lowest BCUT2D eigenvalue weighted by Crippen LogP contribution is -2.10. The second-order valence-electron chi connectivity index (χ2n) is 1.54. The fraction of sp³-hybridized carbons (Fsp3) is 0.200. The summed E-state index contributed by atoms with van der Waals surface area (Å²) in [5.41, 5.74) is 0. The fourth-order valence-electron chi connectivity index (χ4n) is 0.462. The van der Waals surface area contributed by atoms with Gasteiger partial charge in [0.1, 0.15) is 5.40 Å². The predicted molar refractivity (Wildman–Crippen MR) is 49.6 cm³/mol. The Hall–Kier alpha value is -0.420. The van der Waals surface area contributed by atoms with E-state index in [1.807, 2.05) is 5.40 Å². The maximum atomic E-state index is 8.15. The number of aromatic nitrogens is 2. The molecule has 4 nitrogen and oxygen atoms in total. The van der Waals surface area contributed by atoms with E-state index >= 15 is 0 Å². The molecule has 58 valence electrons. The van der Waals surface area contributed by atoms with Gasteiger partial charge in [-0.1, -0.05) is 0 Å². The molecule has 1 rings (SSSR count). The summed E-state index contributed by atoms with van der Waals surface area (Å²) in [6.07, 6.45) is 3.41. The highest BCUT2D eigenvalue weighted by atomic mass is 127. The molecule has 0 saturated carbocycles. The van der Waals surface area contributed by atoms with Crippen LogP contribution in [0.25, 0.3) is 0 Å². The summed E-state index contributed by atoms with van der Waals surface area (Å²) in [7, 11) is 0. The molecule has 0 aromatic carbocycles. The van der Waals surface area contributed by atoms with Gasteiger partial charge in [-0.3, -0.25) is 0 Å². The molecular formula is C5H4IN3OS. The van der Waals surface area contributed by atoms with Crippen molar-refractivity contribution in [3.8, 4) is 5.40 Å². The summed E-state index contributed by atoms with van der Waals surface area (Å²) in [4.78, 5) is 6.35. The molecule has 6 heteroatoms. The summed E-state index contributed by atoms with van der Waals surface area (Å²) < 4.78 is 1.00. The molecule has 0 aliphatic heterocycles. The second-order valence-corrected chi connectivity index (χ2v) is 3.50. The molecule has 0 aliphatic rings. The van der Waals surface area contributed by atoms with E-state index in [-0.39, 0.29) is 0 Å². The number of thioether (sulfide) groups is 1. The normalized spacial score (nSPS) is 9.09. The van der Waals surface area contributed by atoms with Gasteiger partial charge in [-0.15, -0.1) is 9.94 Å². The molecule has 0 N–H and O–H groups in total. The molecule has 0 atom stereocenters. The maximum Gasteiger partial charge on any atom is 0.176 e. The zero-order valence-corrected chi connectivity index (χ0v) is 8.37. The van der Waals surface area contributed by atoms with Crippen LogP contribution in [-0.4, -0.2) is 15.9 Å². The number of thiocyanates is 1. The summed E-state index contributed by atoms with van der Waals surface area (Å²) in [5.74, 6) is 0.300. The molecule has 0 aliphatic carbocycles. The molecule has 0 unspecified atom stereocenters. The Kier molecular flexibility index (Phi) is 3.51. The van der Waals surface area contributed by atoms with Crippen molar-refractivity contribution in [1.82, 2.24) is 9.94 Å². The van der Waals surface area contributed by atoms with Gasteiger partial charge in [0.2, 0.25) is 0 Å². The molecule has 0 saturated heterocycles. The Morgan fingerprint density at radius 2 is 2.73 bits per heavy atom. The minimum Gasteiger partial charge on any atom is -0.385 e. The monoisotopic (exact) mass is 281 g/mol.